The number of hydrogen-bond donors (Lipinski definition) is 2. The Bertz CT molecular complexity index is 665. The molecule has 0 fully saturated rings. The fraction of sp³-hybridized carbons (Fsp3) is 0.214. The number of nitrogens with zero attached hydrogens (tertiary/aromatic N) is 3. The molecule has 110 valence electrons. The van der Waals surface area contributed by atoms with Gasteiger partial charge in [0, 0.05) is 26.0 Å². The van der Waals surface area contributed by atoms with Crippen LogP contribution in [0.15, 0.2) is 36.5 Å². The lowest BCUT2D eigenvalue weighted by atomic mass is 10.3. The quantitative estimate of drug-likeness (QED) is 0.789. The highest BCUT2D eigenvalue weighted by molar-refractivity contribution is 5.94. The van der Waals surface area contributed by atoms with Crippen molar-refractivity contribution in [3.05, 3.63) is 42.2 Å². The van der Waals surface area contributed by atoms with Crippen molar-refractivity contribution in [1.29, 1.82) is 0 Å². The monoisotopic (exact) mass is 287 g/mol. The number of hydrogen-bond acceptors (Lipinski definition) is 4. The van der Waals surface area contributed by atoms with Gasteiger partial charge in [0.25, 0.3) is 5.91 Å². The van der Waals surface area contributed by atoms with Crippen molar-refractivity contribution < 1.29 is 9.59 Å². The van der Waals surface area contributed by atoms with E-state index in [1.54, 1.807) is 36.1 Å². The molecule has 1 aromatic heterocycles. The number of carbonyl (C=O) groups is 2. The van der Waals surface area contributed by atoms with E-state index in [1.165, 1.54) is 11.9 Å². The SMILES string of the molecule is CNC(=O)CN(C)C(=O)c1ccn(-c2cccc(N)c2)n1. The van der Waals surface area contributed by atoms with Crippen molar-refractivity contribution in [2.24, 2.45) is 0 Å². The number of anilines is 1. The molecule has 0 atom stereocenters. The van der Waals surface area contributed by atoms with Crippen LogP contribution in [0.2, 0.25) is 0 Å². The molecule has 1 aromatic carbocycles. The van der Waals surface area contributed by atoms with Gasteiger partial charge in [0.2, 0.25) is 5.91 Å². The van der Waals surface area contributed by atoms with E-state index in [0.717, 1.165) is 5.69 Å². The molecule has 0 bridgehead atoms. The number of amides is 2. The minimum atomic E-state index is -0.318. The van der Waals surface area contributed by atoms with E-state index in [-0.39, 0.29) is 24.1 Å². The minimum Gasteiger partial charge on any atom is -0.399 e. The van der Waals surface area contributed by atoms with Crippen LogP contribution in [0.1, 0.15) is 10.5 Å². The molecule has 3 N–H and O–H groups in total. The molecule has 0 spiro atoms. The summed E-state index contributed by atoms with van der Waals surface area (Å²) in [5.41, 5.74) is 7.37. The van der Waals surface area contributed by atoms with Gasteiger partial charge < -0.3 is 16.0 Å². The van der Waals surface area contributed by atoms with E-state index in [1.807, 2.05) is 12.1 Å². The molecule has 1 heterocycles. The van der Waals surface area contributed by atoms with Crippen LogP contribution in [0, 0.1) is 0 Å². The van der Waals surface area contributed by atoms with Crippen molar-refractivity contribution in [3.63, 3.8) is 0 Å². The Morgan fingerprint density at radius 2 is 2.14 bits per heavy atom. The Kier molecular flexibility index (Phi) is 4.22. The number of aromatic nitrogens is 2. The average molecular weight is 287 g/mol. The molecule has 2 amide bonds. The maximum Gasteiger partial charge on any atom is 0.274 e. The Labute approximate surface area is 122 Å². The second kappa shape index (κ2) is 6.08. The Morgan fingerprint density at radius 3 is 2.81 bits per heavy atom. The fourth-order valence-electron chi connectivity index (χ4n) is 1.81. The van der Waals surface area contributed by atoms with Crippen molar-refractivity contribution in [1.82, 2.24) is 20.0 Å². The molecule has 0 aliphatic rings. The lowest BCUT2D eigenvalue weighted by Crippen LogP contribution is -2.37. The molecular formula is C14H17N5O2. The lowest BCUT2D eigenvalue weighted by Gasteiger charge is -2.14. The molecule has 0 unspecified atom stereocenters. The van der Waals surface area contributed by atoms with Crippen molar-refractivity contribution in [2.45, 2.75) is 0 Å². The van der Waals surface area contributed by atoms with Crippen LogP contribution in [0.3, 0.4) is 0 Å². The topological polar surface area (TPSA) is 93.2 Å². The highest BCUT2D eigenvalue weighted by Crippen LogP contribution is 2.12. The third kappa shape index (κ3) is 3.38. The van der Waals surface area contributed by atoms with Crippen LogP contribution in [-0.4, -0.2) is 47.1 Å². The first kappa shape index (κ1) is 14.6. The van der Waals surface area contributed by atoms with Crippen LogP contribution in [0.4, 0.5) is 5.69 Å². The minimum absolute atomic E-state index is 0.0134. The van der Waals surface area contributed by atoms with Crippen molar-refractivity contribution in [3.8, 4) is 5.69 Å². The van der Waals surface area contributed by atoms with Gasteiger partial charge in [0.1, 0.15) is 0 Å². The van der Waals surface area contributed by atoms with E-state index >= 15 is 0 Å². The van der Waals surface area contributed by atoms with Crippen LogP contribution in [0.5, 0.6) is 0 Å². The van der Waals surface area contributed by atoms with Gasteiger partial charge in [-0.15, -0.1) is 0 Å². The molecule has 0 radical (unpaired) electrons. The number of nitrogens with one attached hydrogen (secondary N) is 1. The predicted molar refractivity (Wildman–Crippen MR) is 79.0 cm³/mol. The Hall–Kier alpha value is -2.83. The van der Waals surface area contributed by atoms with Gasteiger partial charge in [0.15, 0.2) is 5.69 Å². The largest absolute Gasteiger partial charge is 0.399 e. The number of nitrogens with two attached hydrogens (primary N) is 1. The summed E-state index contributed by atoms with van der Waals surface area (Å²) < 4.78 is 1.57. The van der Waals surface area contributed by atoms with E-state index in [4.69, 9.17) is 5.73 Å². The number of benzene rings is 1. The van der Waals surface area contributed by atoms with Gasteiger partial charge in [-0.2, -0.15) is 5.10 Å². The van der Waals surface area contributed by atoms with E-state index in [2.05, 4.69) is 10.4 Å². The summed E-state index contributed by atoms with van der Waals surface area (Å²) in [5, 5.41) is 6.68. The Balaban J connectivity index is 2.16. The Morgan fingerprint density at radius 1 is 1.38 bits per heavy atom. The second-order valence-corrected chi connectivity index (χ2v) is 4.57. The van der Waals surface area contributed by atoms with Crippen molar-refractivity contribution >= 4 is 17.5 Å². The summed E-state index contributed by atoms with van der Waals surface area (Å²) in [4.78, 5) is 24.7. The van der Waals surface area contributed by atoms with E-state index < -0.39 is 0 Å². The maximum atomic E-state index is 12.2. The average Bonchev–Trinajstić information content (AvgIpc) is 2.96. The predicted octanol–water partition coefficient (Wildman–Crippen LogP) is 0.272. The highest BCUT2D eigenvalue weighted by atomic mass is 16.2. The summed E-state index contributed by atoms with van der Waals surface area (Å²) in [7, 11) is 3.08. The van der Waals surface area contributed by atoms with Crippen LogP contribution in [-0.2, 0) is 4.79 Å². The number of carbonyl (C=O) groups excluding carboxylic acids is 2. The smallest absolute Gasteiger partial charge is 0.274 e. The standard InChI is InChI=1S/C14H17N5O2/c1-16-13(20)9-18(2)14(21)12-6-7-19(17-12)11-5-3-4-10(15)8-11/h3-8H,9,15H2,1-2H3,(H,16,20). The summed E-state index contributed by atoms with van der Waals surface area (Å²) >= 11 is 0. The highest BCUT2D eigenvalue weighted by Gasteiger charge is 2.17. The second-order valence-electron chi connectivity index (χ2n) is 4.57. The van der Waals surface area contributed by atoms with E-state index in [0.29, 0.717) is 5.69 Å². The number of rotatable bonds is 4. The first-order valence-corrected chi connectivity index (χ1v) is 6.39. The molecule has 21 heavy (non-hydrogen) atoms. The van der Waals surface area contributed by atoms with Crippen LogP contribution < -0.4 is 11.1 Å². The molecule has 7 heteroatoms. The number of likely N-dealkylation sites (N-methyl/N-ethyl adjacent to an activating group) is 2. The maximum absolute atomic E-state index is 12.2. The van der Waals surface area contributed by atoms with Gasteiger partial charge >= 0.3 is 0 Å². The first-order valence-electron chi connectivity index (χ1n) is 6.39. The summed E-state index contributed by atoms with van der Waals surface area (Å²) in [6, 6.07) is 8.79. The van der Waals surface area contributed by atoms with Gasteiger partial charge in [-0.05, 0) is 24.3 Å². The molecule has 0 saturated heterocycles. The summed E-state index contributed by atoms with van der Waals surface area (Å²) in [5.74, 6) is -0.553. The van der Waals surface area contributed by atoms with Crippen LogP contribution >= 0.6 is 0 Å². The fourth-order valence-corrected chi connectivity index (χ4v) is 1.81. The van der Waals surface area contributed by atoms with Crippen LogP contribution in [0.25, 0.3) is 5.69 Å². The zero-order valence-electron chi connectivity index (χ0n) is 11.9. The summed E-state index contributed by atoms with van der Waals surface area (Å²) in [6.07, 6.45) is 1.68. The van der Waals surface area contributed by atoms with E-state index in [9.17, 15) is 9.59 Å². The van der Waals surface area contributed by atoms with Crippen molar-refractivity contribution in [2.75, 3.05) is 26.4 Å². The molecular weight excluding hydrogens is 270 g/mol. The molecule has 0 aliphatic carbocycles. The van der Waals surface area contributed by atoms with Gasteiger partial charge in [-0.1, -0.05) is 6.07 Å². The lowest BCUT2D eigenvalue weighted by molar-refractivity contribution is -0.121. The molecule has 0 aliphatic heterocycles. The van der Waals surface area contributed by atoms with Gasteiger partial charge in [-0.3, -0.25) is 9.59 Å². The zero-order valence-corrected chi connectivity index (χ0v) is 11.9. The van der Waals surface area contributed by atoms with Gasteiger partial charge in [0.05, 0.1) is 12.2 Å². The molecule has 2 rings (SSSR count). The third-order valence-corrected chi connectivity index (χ3v) is 2.95. The zero-order chi connectivity index (χ0) is 15.4. The molecule has 7 nitrogen and oxygen atoms in total. The van der Waals surface area contributed by atoms with Gasteiger partial charge in [-0.25, -0.2) is 4.68 Å². The molecule has 2 aromatic rings. The normalized spacial score (nSPS) is 10.2. The summed E-state index contributed by atoms with van der Waals surface area (Å²) in [6.45, 7) is -0.0134. The number of nitrogen functional groups attached to an aromatic ring is 1. The molecule has 0 saturated carbocycles. The first-order chi connectivity index (χ1) is 10.0. The third-order valence-electron chi connectivity index (χ3n) is 2.95.